The lowest BCUT2D eigenvalue weighted by molar-refractivity contribution is 0.390. The summed E-state index contributed by atoms with van der Waals surface area (Å²) < 4.78 is 39.5. The van der Waals surface area contributed by atoms with Gasteiger partial charge in [-0.25, -0.2) is 17.7 Å². The van der Waals surface area contributed by atoms with Gasteiger partial charge in [-0.15, -0.1) is 16.4 Å². The van der Waals surface area contributed by atoms with Gasteiger partial charge in [0, 0.05) is 23.9 Å². The number of benzene rings is 1. The molecule has 0 spiro atoms. The molecule has 9 nitrogen and oxygen atoms in total. The van der Waals surface area contributed by atoms with Crippen LogP contribution in [0.25, 0.3) is 16.3 Å². The number of aromatic nitrogens is 4. The number of sulfonamides is 1. The van der Waals surface area contributed by atoms with Crippen LogP contribution in [-0.4, -0.2) is 41.8 Å². The van der Waals surface area contributed by atoms with E-state index in [0.29, 0.717) is 17.9 Å². The van der Waals surface area contributed by atoms with E-state index < -0.39 is 10.0 Å². The number of nitrogens with zero attached hydrogens (tertiary/aromatic N) is 4. The van der Waals surface area contributed by atoms with Gasteiger partial charge in [0.2, 0.25) is 15.0 Å². The maximum absolute atomic E-state index is 12.5. The van der Waals surface area contributed by atoms with Crippen molar-refractivity contribution in [3.63, 3.8) is 0 Å². The molecule has 0 radical (unpaired) electrons. The van der Waals surface area contributed by atoms with E-state index in [9.17, 15) is 8.42 Å². The van der Waals surface area contributed by atoms with Crippen LogP contribution in [0, 0.1) is 13.8 Å². The summed E-state index contributed by atoms with van der Waals surface area (Å²) >= 11 is 1.46. The lowest BCUT2D eigenvalue weighted by atomic mass is 10.2. The van der Waals surface area contributed by atoms with Crippen molar-refractivity contribution in [1.82, 2.24) is 24.5 Å². The highest BCUT2D eigenvalue weighted by atomic mass is 32.2. The second-order valence-electron chi connectivity index (χ2n) is 6.39. The monoisotopic (exact) mass is 433 g/mol. The molecule has 1 aromatic carbocycles. The van der Waals surface area contributed by atoms with E-state index in [2.05, 4.69) is 20.0 Å². The Kier molecular flexibility index (Phi) is 5.11. The molecule has 0 bridgehead atoms. The lowest BCUT2D eigenvalue weighted by Gasteiger charge is -2.05. The summed E-state index contributed by atoms with van der Waals surface area (Å²) in [6, 6.07) is 7.51. The van der Waals surface area contributed by atoms with Crippen molar-refractivity contribution in [3.8, 4) is 17.1 Å². The molecule has 0 aliphatic carbocycles. The van der Waals surface area contributed by atoms with Crippen molar-refractivity contribution in [2.45, 2.75) is 25.2 Å². The number of fused-ring (bicyclic) bond motifs is 1. The van der Waals surface area contributed by atoms with Crippen LogP contribution in [0.3, 0.4) is 0 Å². The summed E-state index contributed by atoms with van der Waals surface area (Å²) in [6.45, 7) is 3.40. The third-order valence-electron chi connectivity index (χ3n) is 4.41. The zero-order valence-corrected chi connectivity index (χ0v) is 17.7. The summed E-state index contributed by atoms with van der Waals surface area (Å²) in [6.07, 6.45) is 0.466. The lowest BCUT2D eigenvalue weighted by Crippen LogP contribution is -2.27. The number of nitrogens with one attached hydrogen (secondary N) is 1. The van der Waals surface area contributed by atoms with Gasteiger partial charge < -0.3 is 9.26 Å². The van der Waals surface area contributed by atoms with Crippen LogP contribution in [0.5, 0.6) is 5.75 Å². The highest BCUT2D eigenvalue weighted by molar-refractivity contribution is 7.89. The highest BCUT2D eigenvalue weighted by Gasteiger charge is 2.23. The van der Waals surface area contributed by atoms with Gasteiger partial charge in [-0.3, -0.25) is 0 Å². The molecule has 0 amide bonds. The molecule has 0 fully saturated rings. The second kappa shape index (κ2) is 7.58. The molecule has 29 heavy (non-hydrogen) atoms. The maximum atomic E-state index is 12.5. The largest absolute Gasteiger partial charge is 0.497 e. The molecular formula is C18H19N5O4S2. The predicted octanol–water partition coefficient (Wildman–Crippen LogP) is 2.59. The van der Waals surface area contributed by atoms with Crippen LogP contribution < -0.4 is 9.46 Å². The number of rotatable bonds is 7. The molecule has 3 aromatic heterocycles. The van der Waals surface area contributed by atoms with Crippen molar-refractivity contribution in [3.05, 3.63) is 46.8 Å². The Morgan fingerprint density at radius 2 is 2.00 bits per heavy atom. The first-order valence-electron chi connectivity index (χ1n) is 8.79. The van der Waals surface area contributed by atoms with Gasteiger partial charge >= 0.3 is 0 Å². The third kappa shape index (κ3) is 3.76. The minimum atomic E-state index is -3.69. The van der Waals surface area contributed by atoms with Crippen LogP contribution in [0.2, 0.25) is 0 Å². The molecule has 0 aliphatic rings. The third-order valence-corrected chi connectivity index (χ3v) is 6.98. The van der Waals surface area contributed by atoms with E-state index >= 15 is 0 Å². The fourth-order valence-corrected chi connectivity index (χ4v) is 5.22. The molecule has 0 atom stereocenters. The Morgan fingerprint density at radius 3 is 2.66 bits per heavy atom. The molecule has 11 heteroatoms. The molecular weight excluding hydrogens is 414 g/mol. The summed E-state index contributed by atoms with van der Waals surface area (Å²) in [5.41, 5.74) is 2.10. The average molecular weight is 434 g/mol. The van der Waals surface area contributed by atoms with Crippen molar-refractivity contribution in [2.24, 2.45) is 0 Å². The smallest absolute Gasteiger partial charge is 0.245 e. The van der Waals surface area contributed by atoms with Crippen molar-refractivity contribution in [1.29, 1.82) is 0 Å². The zero-order chi connectivity index (χ0) is 20.6. The molecule has 0 aliphatic heterocycles. The van der Waals surface area contributed by atoms with E-state index in [0.717, 1.165) is 22.0 Å². The van der Waals surface area contributed by atoms with Gasteiger partial charge in [0.05, 0.1) is 12.8 Å². The normalized spacial score (nSPS) is 12.0. The minimum Gasteiger partial charge on any atom is -0.497 e. The zero-order valence-electron chi connectivity index (χ0n) is 16.0. The van der Waals surface area contributed by atoms with Crippen LogP contribution in [0.1, 0.15) is 17.1 Å². The van der Waals surface area contributed by atoms with Crippen molar-refractivity contribution in [2.75, 3.05) is 13.7 Å². The summed E-state index contributed by atoms with van der Waals surface area (Å²) in [5, 5.41) is 10.2. The number of hydrogen-bond donors (Lipinski definition) is 1. The van der Waals surface area contributed by atoms with Crippen LogP contribution in [0.15, 0.2) is 39.1 Å². The molecule has 4 rings (SSSR count). The van der Waals surface area contributed by atoms with Crippen LogP contribution in [-0.2, 0) is 16.4 Å². The molecule has 1 N–H and O–H groups in total. The van der Waals surface area contributed by atoms with Gasteiger partial charge in [0.15, 0.2) is 11.6 Å². The molecule has 0 saturated heterocycles. The Bertz CT molecular complexity index is 1240. The summed E-state index contributed by atoms with van der Waals surface area (Å²) in [5.74, 6) is 1.64. The van der Waals surface area contributed by atoms with Crippen molar-refractivity contribution >= 4 is 26.3 Å². The first-order chi connectivity index (χ1) is 13.9. The SMILES string of the molecule is COc1ccc(-c2nc3scc(CCNS(=O)(=O)c4c(C)noc4C)n3n2)cc1. The average Bonchev–Trinajstić information content (AvgIpc) is 3.37. The van der Waals surface area contributed by atoms with Gasteiger partial charge in [-0.1, -0.05) is 5.16 Å². The minimum absolute atomic E-state index is 0.0931. The molecule has 4 aromatic rings. The number of aryl methyl sites for hydroxylation is 2. The van der Waals surface area contributed by atoms with Crippen LogP contribution in [0.4, 0.5) is 0 Å². The standard InChI is InChI=1S/C18H19N5O4S2/c1-11-16(12(2)27-22-11)29(24,25)19-9-8-14-10-28-18-20-17(21-23(14)18)13-4-6-15(26-3)7-5-13/h4-7,10,19H,8-9H2,1-3H3. The fourth-order valence-electron chi connectivity index (χ4n) is 3.00. The van der Waals surface area contributed by atoms with Gasteiger partial charge in [-0.2, -0.15) is 4.98 Å². The number of hydrogen-bond acceptors (Lipinski definition) is 8. The number of methoxy groups -OCH3 is 1. The Hall–Kier alpha value is -2.76. The van der Waals surface area contributed by atoms with E-state index in [1.807, 2.05) is 29.6 Å². The summed E-state index contributed by atoms with van der Waals surface area (Å²) in [4.78, 5) is 5.39. The van der Waals surface area contributed by atoms with Crippen molar-refractivity contribution < 1.29 is 17.7 Å². The van der Waals surface area contributed by atoms with E-state index in [1.165, 1.54) is 11.3 Å². The van der Waals surface area contributed by atoms with E-state index in [4.69, 9.17) is 9.26 Å². The Balaban J connectivity index is 1.49. The molecule has 0 saturated carbocycles. The molecule has 152 valence electrons. The number of thiazole rings is 1. The first-order valence-corrected chi connectivity index (χ1v) is 11.2. The van der Waals surface area contributed by atoms with E-state index in [-0.39, 0.29) is 17.2 Å². The second-order valence-corrected chi connectivity index (χ2v) is 8.93. The Labute approximate surface area is 171 Å². The molecule has 0 unspecified atom stereocenters. The van der Waals surface area contributed by atoms with Gasteiger partial charge in [0.1, 0.15) is 16.3 Å². The van der Waals surface area contributed by atoms with Crippen LogP contribution >= 0.6 is 11.3 Å². The molecule has 3 heterocycles. The number of ether oxygens (including phenoxy) is 1. The Morgan fingerprint density at radius 1 is 1.24 bits per heavy atom. The predicted molar refractivity (Wildman–Crippen MR) is 108 cm³/mol. The quantitative estimate of drug-likeness (QED) is 0.477. The first kappa shape index (κ1) is 19.6. The van der Waals surface area contributed by atoms with E-state index in [1.54, 1.807) is 25.5 Å². The van der Waals surface area contributed by atoms with Gasteiger partial charge in [-0.05, 0) is 38.1 Å². The maximum Gasteiger partial charge on any atom is 0.245 e. The summed E-state index contributed by atoms with van der Waals surface area (Å²) in [7, 11) is -2.07. The fraction of sp³-hybridized carbons (Fsp3) is 0.278. The topological polar surface area (TPSA) is 112 Å². The van der Waals surface area contributed by atoms with Gasteiger partial charge in [0.25, 0.3) is 0 Å². The highest BCUT2D eigenvalue weighted by Crippen LogP contribution is 2.23.